The molecule has 1 aromatic rings. The average molecular weight is 270 g/mol. The molecule has 1 amide bonds. The number of carboxylic acids is 1. The normalized spacial score (nSPS) is 13.2. The molecule has 6 heteroatoms. The van der Waals surface area contributed by atoms with Crippen molar-refractivity contribution >= 4 is 23.2 Å². The lowest BCUT2D eigenvalue weighted by molar-refractivity contribution is -0.153. The second-order valence-corrected chi connectivity index (χ2v) is 6.04. The van der Waals surface area contributed by atoms with Crippen LogP contribution in [0.2, 0.25) is 0 Å². The highest BCUT2D eigenvalue weighted by Crippen LogP contribution is 2.26. The molecule has 1 rings (SSSR count). The summed E-state index contributed by atoms with van der Waals surface area (Å²) < 4.78 is 0. The second-order valence-electron chi connectivity index (χ2n) is 4.81. The maximum absolute atomic E-state index is 11.9. The molecule has 0 aromatic carbocycles. The van der Waals surface area contributed by atoms with Crippen molar-refractivity contribution in [2.45, 2.75) is 40.7 Å². The van der Waals surface area contributed by atoms with Crippen molar-refractivity contribution in [1.29, 1.82) is 0 Å². The molecule has 18 heavy (non-hydrogen) atoms. The summed E-state index contributed by atoms with van der Waals surface area (Å²) in [5.74, 6) is -1.63. The molecule has 0 aliphatic carbocycles. The predicted molar refractivity (Wildman–Crippen MR) is 69.6 cm³/mol. The smallest absolute Gasteiger partial charge is 0.318 e. The van der Waals surface area contributed by atoms with Gasteiger partial charge in [-0.2, -0.15) is 0 Å². The zero-order chi connectivity index (χ0) is 14.1. The molecule has 0 saturated heterocycles. The molecule has 0 radical (unpaired) electrons. The standard InChI is InChI=1S/C12H18N2O3S/c1-6-9(18-8(3)13-6)7(2)14-10(15)12(4,5)11(16)17/h7H,1-5H3,(H,14,15)(H,16,17). The summed E-state index contributed by atoms with van der Waals surface area (Å²) in [6.07, 6.45) is 0. The Kier molecular flexibility index (Phi) is 4.11. The van der Waals surface area contributed by atoms with Crippen LogP contribution in [0.4, 0.5) is 0 Å². The van der Waals surface area contributed by atoms with Crippen molar-refractivity contribution in [3.8, 4) is 0 Å². The zero-order valence-corrected chi connectivity index (χ0v) is 12.0. The van der Waals surface area contributed by atoms with Gasteiger partial charge in [-0.15, -0.1) is 11.3 Å². The van der Waals surface area contributed by atoms with E-state index in [1.54, 1.807) is 0 Å². The fraction of sp³-hybridized carbons (Fsp3) is 0.583. The minimum absolute atomic E-state index is 0.234. The van der Waals surface area contributed by atoms with Crippen LogP contribution < -0.4 is 5.32 Å². The van der Waals surface area contributed by atoms with Gasteiger partial charge in [0.1, 0.15) is 5.41 Å². The molecule has 1 atom stereocenters. The quantitative estimate of drug-likeness (QED) is 0.821. The van der Waals surface area contributed by atoms with Crippen LogP contribution in [0.5, 0.6) is 0 Å². The highest BCUT2D eigenvalue weighted by atomic mass is 32.1. The van der Waals surface area contributed by atoms with Crippen molar-refractivity contribution in [3.63, 3.8) is 0 Å². The Bertz CT molecular complexity index is 480. The van der Waals surface area contributed by atoms with Gasteiger partial charge in [0.25, 0.3) is 0 Å². The third-order valence-corrected chi connectivity index (χ3v) is 4.04. The summed E-state index contributed by atoms with van der Waals surface area (Å²) in [7, 11) is 0. The number of nitrogens with zero attached hydrogens (tertiary/aromatic N) is 1. The first-order valence-electron chi connectivity index (χ1n) is 5.64. The number of carbonyl (C=O) groups excluding carboxylic acids is 1. The van der Waals surface area contributed by atoms with E-state index in [1.807, 2.05) is 20.8 Å². The van der Waals surface area contributed by atoms with Gasteiger partial charge in [0.2, 0.25) is 5.91 Å². The fourth-order valence-electron chi connectivity index (χ4n) is 1.49. The molecule has 0 aliphatic heterocycles. The monoisotopic (exact) mass is 270 g/mol. The first kappa shape index (κ1) is 14.6. The van der Waals surface area contributed by atoms with Gasteiger partial charge in [0.05, 0.1) is 16.7 Å². The minimum atomic E-state index is -1.43. The Balaban J connectivity index is 2.83. The van der Waals surface area contributed by atoms with Gasteiger partial charge in [-0.1, -0.05) is 0 Å². The largest absolute Gasteiger partial charge is 0.480 e. The second kappa shape index (κ2) is 5.06. The number of amides is 1. The molecule has 2 N–H and O–H groups in total. The Hall–Kier alpha value is -1.43. The number of hydrogen-bond acceptors (Lipinski definition) is 4. The first-order chi connectivity index (χ1) is 8.16. The van der Waals surface area contributed by atoms with Crippen LogP contribution in [-0.2, 0) is 9.59 Å². The van der Waals surface area contributed by atoms with Gasteiger partial charge in [-0.3, -0.25) is 9.59 Å². The van der Waals surface area contributed by atoms with Crippen molar-refractivity contribution in [1.82, 2.24) is 10.3 Å². The van der Waals surface area contributed by atoms with E-state index < -0.39 is 17.3 Å². The number of hydrogen-bond donors (Lipinski definition) is 2. The molecule has 1 aromatic heterocycles. The molecule has 0 saturated carbocycles. The van der Waals surface area contributed by atoms with E-state index in [4.69, 9.17) is 5.11 Å². The van der Waals surface area contributed by atoms with Crippen LogP contribution in [0.25, 0.3) is 0 Å². The van der Waals surface area contributed by atoms with E-state index in [0.29, 0.717) is 0 Å². The molecule has 1 unspecified atom stereocenters. The van der Waals surface area contributed by atoms with Crippen LogP contribution in [0.15, 0.2) is 0 Å². The third kappa shape index (κ3) is 2.87. The lowest BCUT2D eigenvalue weighted by Gasteiger charge is -2.21. The molecule has 100 valence electrons. The number of rotatable bonds is 4. The summed E-state index contributed by atoms with van der Waals surface area (Å²) >= 11 is 1.51. The molecule has 0 aliphatic rings. The number of aromatic nitrogens is 1. The van der Waals surface area contributed by atoms with Crippen LogP contribution in [0, 0.1) is 19.3 Å². The van der Waals surface area contributed by atoms with Crippen LogP contribution in [0.3, 0.4) is 0 Å². The fourth-order valence-corrected chi connectivity index (χ4v) is 2.42. The average Bonchev–Trinajstić information content (AvgIpc) is 2.57. The first-order valence-corrected chi connectivity index (χ1v) is 6.46. The minimum Gasteiger partial charge on any atom is -0.480 e. The number of carbonyl (C=O) groups is 2. The van der Waals surface area contributed by atoms with E-state index >= 15 is 0 Å². The molecule has 5 nitrogen and oxygen atoms in total. The van der Waals surface area contributed by atoms with Crippen LogP contribution in [0.1, 0.15) is 42.4 Å². The Morgan fingerprint density at radius 3 is 2.33 bits per heavy atom. The van der Waals surface area contributed by atoms with E-state index in [9.17, 15) is 9.59 Å². The summed E-state index contributed by atoms with van der Waals surface area (Å²) in [6.45, 7) is 8.39. The van der Waals surface area contributed by atoms with E-state index in [2.05, 4.69) is 10.3 Å². The number of aryl methyl sites for hydroxylation is 2. The lowest BCUT2D eigenvalue weighted by Crippen LogP contribution is -2.43. The van der Waals surface area contributed by atoms with Crippen molar-refractivity contribution in [3.05, 3.63) is 15.6 Å². The van der Waals surface area contributed by atoms with E-state index in [0.717, 1.165) is 15.6 Å². The Morgan fingerprint density at radius 2 is 1.94 bits per heavy atom. The molecule has 0 bridgehead atoms. The molecule has 0 fully saturated rings. The van der Waals surface area contributed by atoms with Gasteiger partial charge in [0, 0.05) is 4.88 Å². The Morgan fingerprint density at radius 1 is 1.39 bits per heavy atom. The van der Waals surface area contributed by atoms with Crippen molar-refractivity contribution in [2.75, 3.05) is 0 Å². The summed E-state index contributed by atoms with van der Waals surface area (Å²) in [5, 5.41) is 12.6. The zero-order valence-electron chi connectivity index (χ0n) is 11.2. The van der Waals surface area contributed by atoms with Gasteiger partial charge in [-0.25, -0.2) is 4.98 Å². The van der Waals surface area contributed by atoms with E-state index in [-0.39, 0.29) is 6.04 Å². The molecular weight excluding hydrogens is 252 g/mol. The SMILES string of the molecule is Cc1nc(C)c(C(C)NC(=O)C(C)(C)C(=O)O)s1. The van der Waals surface area contributed by atoms with E-state index in [1.165, 1.54) is 25.2 Å². The van der Waals surface area contributed by atoms with Gasteiger partial charge < -0.3 is 10.4 Å². The van der Waals surface area contributed by atoms with Gasteiger partial charge in [0.15, 0.2) is 0 Å². The summed E-state index contributed by atoms with van der Waals surface area (Å²) in [6, 6.07) is -0.234. The Labute approximate surface area is 110 Å². The number of thiazole rings is 1. The number of aliphatic carboxylic acids is 1. The van der Waals surface area contributed by atoms with Crippen molar-refractivity contribution in [2.24, 2.45) is 5.41 Å². The molecular formula is C12H18N2O3S. The maximum atomic E-state index is 11.9. The predicted octanol–water partition coefficient (Wildman–Crippen LogP) is 2.05. The lowest BCUT2D eigenvalue weighted by atomic mass is 9.92. The molecule has 0 spiro atoms. The van der Waals surface area contributed by atoms with Crippen molar-refractivity contribution < 1.29 is 14.7 Å². The maximum Gasteiger partial charge on any atom is 0.318 e. The highest BCUT2D eigenvalue weighted by molar-refractivity contribution is 7.11. The van der Waals surface area contributed by atoms with Crippen LogP contribution in [-0.4, -0.2) is 22.0 Å². The third-order valence-electron chi connectivity index (χ3n) is 2.78. The number of carboxylic acid groups (broad SMARTS) is 1. The highest BCUT2D eigenvalue weighted by Gasteiger charge is 2.36. The van der Waals surface area contributed by atoms with Gasteiger partial charge in [-0.05, 0) is 34.6 Å². The molecule has 1 heterocycles. The van der Waals surface area contributed by atoms with Gasteiger partial charge >= 0.3 is 5.97 Å². The number of nitrogens with one attached hydrogen (secondary N) is 1. The topological polar surface area (TPSA) is 79.3 Å². The van der Waals surface area contributed by atoms with Crippen LogP contribution >= 0.6 is 11.3 Å². The summed E-state index contributed by atoms with van der Waals surface area (Å²) in [4.78, 5) is 28.1. The summed E-state index contributed by atoms with van der Waals surface area (Å²) in [5.41, 5.74) is -0.555.